The lowest BCUT2D eigenvalue weighted by atomic mass is 10.1. The Balaban J connectivity index is 1.90. The molecule has 0 spiro atoms. The summed E-state index contributed by atoms with van der Waals surface area (Å²) in [5.74, 6) is 0.682. The van der Waals surface area contributed by atoms with Crippen molar-refractivity contribution in [2.75, 3.05) is 10.8 Å². The number of hydrogen-bond donors (Lipinski definition) is 0. The number of halogens is 1. The average molecular weight is 258 g/mol. The predicted octanol–water partition coefficient (Wildman–Crippen LogP) is 3.86. The topological polar surface area (TPSA) is 3.24 Å². The maximum Gasteiger partial charge on any atom is 0.0470 e. The first-order valence-corrected chi connectivity index (χ1v) is 6.86. The fraction of sp³-hybridized carbons (Fsp3) is 0.250. The first kappa shape index (κ1) is 11.6. The summed E-state index contributed by atoms with van der Waals surface area (Å²) in [6.45, 7) is 0.940. The van der Waals surface area contributed by atoms with Crippen molar-refractivity contribution >= 4 is 17.3 Å². The highest BCUT2D eigenvalue weighted by atomic mass is 35.5. The molecule has 1 heterocycles. The SMILES string of the molecule is ClCC1Cc2ccccc2N1Cc1ccccc1. The van der Waals surface area contributed by atoms with E-state index in [-0.39, 0.29) is 0 Å². The first-order chi connectivity index (χ1) is 8.88. The van der Waals surface area contributed by atoms with E-state index in [0.717, 1.165) is 13.0 Å². The Morgan fingerprint density at radius 1 is 1.00 bits per heavy atom. The highest BCUT2D eigenvalue weighted by Crippen LogP contribution is 2.33. The minimum atomic E-state index is 0.421. The van der Waals surface area contributed by atoms with Crippen LogP contribution in [-0.4, -0.2) is 11.9 Å². The van der Waals surface area contributed by atoms with Gasteiger partial charge in [-0.3, -0.25) is 0 Å². The van der Waals surface area contributed by atoms with E-state index >= 15 is 0 Å². The minimum Gasteiger partial charge on any atom is -0.362 e. The number of rotatable bonds is 3. The number of fused-ring (bicyclic) bond motifs is 1. The highest BCUT2D eigenvalue weighted by Gasteiger charge is 2.27. The Labute approximate surface area is 113 Å². The molecule has 0 aromatic heterocycles. The first-order valence-electron chi connectivity index (χ1n) is 6.33. The van der Waals surface area contributed by atoms with Crippen LogP contribution in [0.5, 0.6) is 0 Å². The van der Waals surface area contributed by atoms with Crippen molar-refractivity contribution in [1.82, 2.24) is 0 Å². The van der Waals surface area contributed by atoms with E-state index in [9.17, 15) is 0 Å². The number of alkyl halides is 1. The van der Waals surface area contributed by atoms with Crippen LogP contribution in [0, 0.1) is 0 Å². The fourth-order valence-corrected chi connectivity index (χ4v) is 2.93. The summed E-state index contributed by atoms with van der Waals surface area (Å²) < 4.78 is 0. The van der Waals surface area contributed by atoms with Crippen LogP contribution in [-0.2, 0) is 13.0 Å². The number of para-hydroxylation sites is 1. The van der Waals surface area contributed by atoms with E-state index < -0.39 is 0 Å². The molecule has 1 atom stereocenters. The second-order valence-electron chi connectivity index (χ2n) is 4.75. The Morgan fingerprint density at radius 3 is 2.50 bits per heavy atom. The summed E-state index contributed by atoms with van der Waals surface area (Å²) >= 11 is 6.12. The Hall–Kier alpha value is -1.47. The van der Waals surface area contributed by atoms with E-state index in [4.69, 9.17) is 11.6 Å². The van der Waals surface area contributed by atoms with Crippen LogP contribution in [0.3, 0.4) is 0 Å². The van der Waals surface area contributed by atoms with Gasteiger partial charge in [0.1, 0.15) is 0 Å². The van der Waals surface area contributed by atoms with Crippen molar-refractivity contribution in [2.45, 2.75) is 19.0 Å². The van der Waals surface area contributed by atoms with Crippen LogP contribution in [0.2, 0.25) is 0 Å². The number of nitrogens with zero attached hydrogens (tertiary/aromatic N) is 1. The van der Waals surface area contributed by atoms with Crippen molar-refractivity contribution < 1.29 is 0 Å². The standard InChI is InChI=1S/C16H16ClN/c17-11-15-10-14-8-4-5-9-16(14)18(15)12-13-6-2-1-3-7-13/h1-9,15H,10-12H2. The maximum atomic E-state index is 6.12. The molecule has 92 valence electrons. The molecule has 18 heavy (non-hydrogen) atoms. The zero-order valence-corrected chi connectivity index (χ0v) is 11.0. The molecule has 1 unspecified atom stereocenters. The van der Waals surface area contributed by atoms with Gasteiger partial charge in [-0.25, -0.2) is 0 Å². The van der Waals surface area contributed by atoms with E-state index in [2.05, 4.69) is 59.5 Å². The van der Waals surface area contributed by atoms with Crippen LogP contribution >= 0.6 is 11.6 Å². The molecule has 3 rings (SSSR count). The van der Waals surface area contributed by atoms with Gasteiger partial charge >= 0.3 is 0 Å². The third kappa shape index (κ3) is 2.11. The molecule has 0 bridgehead atoms. The van der Waals surface area contributed by atoms with Gasteiger partial charge in [-0.1, -0.05) is 48.5 Å². The van der Waals surface area contributed by atoms with Gasteiger partial charge in [-0.2, -0.15) is 0 Å². The lowest BCUT2D eigenvalue weighted by molar-refractivity contribution is 0.678. The molecule has 1 aliphatic rings. The largest absolute Gasteiger partial charge is 0.362 e. The molecule has 2 aromatic rings. The lowest BCUT2D eigenvalue weighted by Gasteiger charge is -2.26. The average Bonchev–Trinajstić information content (AvgIpc) is 2.78. The quantitative estimate of drug-likeness (QED) is 0.755. The summed E-state index contributed by atoms with van der Waals surface area (Å²) in [6, 6.07) is 19.6. The molecule has 0 saturated carbocycles. The normalized spacial score (nSPS) is 17.8. The second kappa shape index (κ2) is 5.03. The third-order valence-electron chi connectivity index (χ3n) is 3.57. The fourth-order valence-electron chi connectivity index (χ4n) is 2.66. The van der Waals surface area contributed by atoms with Gasteiger partial charge in [0.25, 0.3) is 0 Å². The molecule has 0 aliphatic carbocycles. The van der Waals surface area contributed by atoms with Crippen molar-refractivity contribution in [3.8, 4) is 0 Å². The number of anilines is 1. The van der Waals surface area contributed by atoms with Gasteiger partial charge in [0.15, 0.2) is 0 Å². The minimum absolute atomic E-state index is 0.421. The molecule has 0 N–H and O–H groups in total. The number of hydrogen-bond acceptors (Lipinski definition) is 1. The van der Waals surface area contributed by atoms with Crippen molar-refractivity contribution in [2.24, 2.45) is 0 Å². The third-order valence-corrected chi connectivity index (χ3v) is 3.93. The molecule has 0 amide bonds. The molecule has 0 fully saturated rings. The lowest BCUT2D eigenvalue weighted by Crippen LogP contribution is -2.32. The van der Waals surface area contributed by atoms with Gasteiger partial charge < -0.3 is 4.90 Å². The van der Waals surface area contributed by atoms with Gasteiger partial charge in [0.2, 0.25) is 0 Å². The van der Waals surface area contributed by atoms with E-state index in [1.165, 1.54) is 16.8 Å². The van der Waals surface area contributed by atoms with Crippen LogP contribution in [0.1, 0.15) is 11.1 Å². The Morgan fingerprint density at radius 2 is 1.72 bits per heavy atom. The monoisotopic (exact) mass is 257 g/mol. The number of benzene rings is 2. The zero-order chi connectivity index (χ0) is 12.4. The summed E-state index contributed by atoms with van der Waals surface area (Å²) in [4.78, 5) is 2.43. The molecular weight excluding hydrogens is 242 g/mol. The summed E-state index contributed by atoms with van der Waals surface area (Å²) in [7, 11) is 0. The van der Waals surface area contributed by atoms with Crippen molar-refractivity contribution in [3.05, 3.63) is 65.7 Å². The van der Waals surface area contributed by atoms with Crippen LogP contribution in [0.25, 0.3) is 0 Å². The Kier molecular flexibility index (Phi) is 3.24. The zero-order valence-electron chi connectivity index (χ0n) is 10.2. The van der Waals surface area contributed by atoms with Crippen molar-refractivity contribution in [1.29, 1.82) is 0 Å². The van der Waals surface area contributed by atoms with Gasteiger partial charge in [0.05, 0.1) is 0 Å². The van der Waals surface area contributed by atoms with Gasteiger partial charge in [0, 0.05) is 24.2 Å². The van der Waals surface area contributed by atoms with Crippen LogP contribution < -0.4 is 4.90 Å². The van der Waals surface area contributed by atoms with Gasteiger partial charge in [-0.15, -0.1) is 11.6 Å². The second-order valence-corrected chi connectivity index (χ2v) is 5.06. The van der Waals surface area contributed by atoms with Crippen molar-refractivity contribution in [3.63, 3.8) is 0 Å². The summed E-state index contributed by atoms with van der Waals surface area (Å²) in [5, 5.41) is 0. The summed E-state index contributed by atoms with van der Waals surface area (Å²) in [5.41, 5.74) is 4.09. The van der Waals surface area contributed by atoms with E-state index in [1.54, 1.807) is 0 Å². The maximum absolute atomic E-state index is 6.12. The highest BCUT2D eigenvalue weighted by molar-refractivity contribution is 6.18. The smallest absolute Gasteiger partial charge is 0.0470 e. The molecule has 2 aromatic carbocycles. The molecular formula is C16H16ClN. The predicted molar refractivity (Wildman–Crippen MR) is 77.3 cm³/mol. The Bertz CT molecular complexity index is 524. The molecule has 1 aliphatic heterocycles. The summed E-state index contributed by atoms with van der Waals surface area (Å²) in [6.07, 6.45) is 1.06. The van der Waals surface area contributed by atoms with Crippen LogP contribution in [0.4, 0.5) is 5.69 Å². The van der Waals surface area contributed by atoms with E-state index in [0.29, 0.717) is 11.9 Å². The molecule has 0 radical (unpaired) electrons. The molecule has 0 saturated heterocycles. The van der Waals surface area contributed by atoms with Crippen LogP contribution in [0.15, 0.2) is 54.6 Å². The molecule has 2 heteroatoms. The van der Waals surface area contributed by atoms with E-state index in [1.807, 2.05) is 0 Å². The van der Waals surface area contributed by atoms with Gasteiger partial charge in [-0.05, 0) is 23.6 Å². The molecule has 1 nitrogen and oxygen atoms in total.